The molecule has 5 aromatic rings. The zero-order valence-corrected chi connectivity index (χ0v) is 19.8. The molecule has 0 saturated carbocycles. The Bertz CT molecular complexity index is 1560. The van der Waals surface area contributed by atoms with E-state index >= 15 is 0 Å². The summed E-state index contributed by atoms with van der Waals surface area (Å²) < 4.78 is 14.1. The molecule has 4 aromatic heterocycles. The molecule has 0 unspecified atom stereocenters. The maximum absolute atomic E-state index is 14.1. The molecule has 5 heterocycles. The van der Waals surface area contributed by atoms with Gasteiger partial charge in [0.15, 0.2) is 5.65 Å². The number of alkyl halides is 1. The van der Waals surface area contributed by atoms with Crippen LogP contribution in [0.3, 0.4) is 0 Å². The number of piperidine rings is 1. The molecule has 3 N–H and O–H groups in total. The predicted molar refractivity (Wildman–Crippen MR) is 135 cm³/mol. The van der Waals surface area contributed by atoms with Crippen molar-refractivity contribution in [3.05, 3.63) is 66.4 Å². The van der Waals surface area contributed by atoms with E-state index in [9.17, 15) is 9.18 Å². The lowest BCUT2D eigenvalue weighted by Gasteiger charge is -2.33. The fraction of sp³-hybridized carbons (Fsp3) is 0.269. The standard InChI is InChI=1S/C26H25FN8O/c1-26(27)5-7-35(8-6-26)15-19-3-2-4-21(31-19)25(36)32-22-10-16(11-23-20(22)14-30-33-23)17-9-18-13-29-34-24(18)28-12-17/h2-4,9-14H,5-8,15H2,1H3,(H,30,33)(H,32,36)(H,28,29,34). The number of aromatic amines is 2. The van der Waals surface area contributed by atoms with Crippen LogP contribution in [0.25, 0.3) is 33.1 Å². The number of carbonyl (C=O) groups is 1. The van der Waals surface area contributed by atoms with Gasteiger partial charge in [-0.15, -0.1) is 0 Å². The van der Waals surface area contributed by atoms with Crippen molar-refractivity contribution in [2.75, 3.05) is 18.4 Å². The van der Waals surface area contributed by atoms with Crippen LogP contribution in [-0.2, 0) is 6.54 Å². The van der Waals surface area contributed by atoms with Crippen LogP contribution in [0, 0.1) is 0 Å². The van der Waals surface area contributed by atoms with Gasteiger partial charge in [0.2, 0.25) is 0 Å². The lowest BCUT2D eigenvalue weighted by Crippen LogP contribution is -2.39. The first-order chi connectivity index (χ1) is 17.4. The Hall–Kier alpha value is -4.18. The second-order valence-electron chi connectivity index (χ2n) is 9.54. The van der Waals surface area contributed by atoms with Crippen LogP contribution in [0.5, 0.6) is 0 Å². The highest BCUT2D eigenvalue weighted by Crippen LogP contribution is 2.31. The van der Waals surface area contributed by atoms with Crippen LogP contribution in [0.1, 0.15) is 35.9 Å². The van der Waals surface area contributed by atoms with Crippen LogP contribution >= 0.6 is 0 Å². The fourth-order valence-electron chi connectivity index (χ4n) is 4.60. The first-order valence-electron chi connectivity index (χ1n) is 11.9. The number of hydrogen-bond acceptors (Lipinski definition) is 6. The molecule has 10 heteroatoms. The van der Waals surface area contributed by atoms with Crippen molar-refractivity contribution in [1.82, 2.24) is 35.3 Å². The molecular formula is C26H25FN8O. The third kappa shape index (κ3) is 4.42. The van der Waals surface area contributed by atoms with Gasteiger partial charge in [-0.1, -0.05) is 6.07 Å². The molecular weight excluding hydrogens is 459 g/mol. The van der Waals surface area contributed by atoms with Crippen LogP contribution < -0.4 is 5.32 Å². The number of nitrogens with one attached hydrogen (secondary N) is 3. The summed E-state index contributed by atoms with van der Waals surface area (Å²) in [6.07, 6.45) is 6.19. The van der Waals surface area contributed by atoms with Crippen LogP contribution in [0.15, 0.2) is 55.0 Å². The Balaban J connectivity index is 1.25. The third-order valence-corrected chi connectivity index (χ3v) is 6.76. The zero-order chi connectivity index (χ0) is 24.7. The highest BCUT2D eigenvalue weighted by atomic mass is 19.1. The summed E-state index contributed by atoms with van der Waals surface area (Å²) in [5.74, 6) is -0.310. The van der Waals surface area contributed by atoms with E-state index in [1.165, 1.54) is 0 Å². The molecule has 6 rings (SSSR count). The predicted octanol–water partition coefficient (Wildman–Crippen LogP) is 4.47. The molecule has 0 spiro atoms. The number of carbonyl (C=O) groups excluding carboxylic acids is 1. The SMILES string of the molecule is CC1(F)CCN(Cc2cccc(C(=O)Nc3cc(-c4cnc5[nH]ncc5c4)cc4[nH]ncc34)n2)CC1. The number of halogens is 1. The quantitative estimate of drug-likeness (QED) is 0.339. The van der Waals surface area contributed by atoms with Gasteiger partial charge >= 0.3 is 0 Å². The monoisotopic (exact) mass is 484 g/mol. The molecule has 1 saturated heterocycles. The van der Waals surface area contributed by atoms with Crippen molar-refractivity contribution < 1.29 is 9.18 Å². The Morgan fingerprint density at radius 1 is 1.08 bits per heavy atom. The van der Waals surface area contributed by atoms with E-state index in [2.05, 4.69) is 40.6 Å². The topological polar surface area (TPSA) is 115 Å². The maximum Gasteiger partial charge on any atom is 0.274 e. The van der Waals surface area contributed by atoms with Crippen molar-refractivity contribution in [3.63, 3.8) is 0 Å². The summed E-state index contributed by atoms with van der Waals surface area (Å²) in [5.41, 5.74) is 3.91. The smallest absolute Gasteiger partial charge is 0.274 e. The van der Waals surface area contributed by atoms with Crippen molar-refractivity contribution in [2.45, 2.75) is 32.0 Å². The molecule has 9 nitrogen and oxygen atoms in total. The minimum Gasteiger partial charge on any atom is -0.320 e. The Morgan fingerprint density at radius 2 is 1.92 bits per heavy atom. The average molecular weight is 485 g/mol. The van der Waals surface area contributed by atoms with Gasteiger partial charge in [-0.3, -0.25) is 19.9 Å². The number of fused-ring (bicyclic) bond motifs is 2. The molecule has 1 aromatic carbocycles. The molecule has 36 heavy (non-hydrogen) atoms. The third-order valence-electron chi connectivity index (χ3n) is 6.76. The Labute approximate surface area is 206 Å². The van der Waals surface area contributed by atoms with Gasteiger partial charge in [0.1, 0.15) is 11.4 Å². The second kappa shape index (κ2) is 8.80. The molecule has 0 radical (unpaired) electrons. The van der Waals surface area contributed by atoms with Crippen molar-refractivity contribution in [3.8, 4) is 11.1 Å². The lowest BCUT2D eigenvalue weighted by atomic mass is 9.96. The van der Waals surface area contributed by atoms with Gasteiger partial charge < -0.3 is 5.32 Å². The molecule has 1 fully saturated rings. The number of likely N-dealkylation sites (tertiary alicyclic amines) is 1. The Morgan fingerprint density at radius 3 is 2.78 bits per heavy atom. The van der Waals surface area contributed by atoms with E-state index in [-0.39, 0.29) is 5.91 Å². The summed E-state index contributed by atoms with van der Waals surface area (Å²) in [6.45, 7) is 3.60. The number of hydrogen-bond donors (Lipinski definition) is 3. The lowest BCUT2D eigenvalue weighted by molar-refractivity contribution is 0.0698. The fourth-order valence-corrected chi connectivity index (χ4v) is 4.60. The number of anilines is 1. The van der Waals surface area contributed by atoms with Gasteiger partial charge in [0.05, 0.1) is 29.3 Å². The first-order valence-corrected chi connectivity index (χ1v) is 11.9. The zero-order valence-electron chi connectivity index (χ0n) is 19.8. The molecule has 0 atom stereocenters. The minimum atomic E-state index is -1.10. The van der Waals surface area contributed by atoms with Gasteiger partial charge in [-0.05, 0) is 55.7 Å². The van der Waals surface area contributed by atoms with E-state index in [0.717, 1.165) is 33.1 Å². The minimum absolute atomic E-state index is 0.310. The van der Waals surface area contributed by atoms with Crippen LogP contribution in [0.4, 0.5) is 10.1 Å². The van der Waals surface area contributed by atoms with Gasteiger partial charge in [0.25, 0.3) is 5.91 Å². The number of H-pyrrole nitrogens is 2. The molecule has 0 aliphatic carbocycles. The number of nitrogens with zero attached hydrogens (tertiary/aromatic N) is 5. The van der Waals surface area contributed by atoms with Crippen molar-refractivity contribution in [2.24, 2.45) is 0 Å². The van der Waals surface area contributed by atoms with Crippen LogP contribution in [0.2, 0.25) is 0 Å². The molecule has 1 aliphatic heterocycles. The second-order valence-corrected chi connectivity index (χ2v) is 9.54. The van der Waals surface area contributed by atoms with Crippen LogP contribution in [-0.4, -0.2) is 59.9 Å². The van der Waals surface area contributed by atoms with Gasteiger partial charge in [-0.2, -0.15) is 10.2 Å². The highest BCUT2D eigenvalue weighted by molar-refractivity contribution is 6.08. The first kappa shape index (κ1) is 22.3. The molecule has 1 amide bonds. The number of aromatic nitrogens is 6. The number of benzene rings is 1. The number of rotatable bonds is 5. The van der Waals surface area contributed by atoms with E-state index in [0.29, 0.717) is 49.5 Å². The maximum atomic E-state index is 14.1. The summed E-state index contributed by atoms with van der Waals surface area (Å²) in [7, 11) is 0. The normalized spacial score (nSPS) is 15.9. The van der Waals surface area contributed by atoms with Gasteiger partial charge in [0, 0.05) is 42.2 Å². The largest absolute Gasteiger partial charge is 0.320 e. The molecule has 0 bridgehead atoms. The van der Waals surface area contributed by atoms with E-state index < -0.39 is 5.67 Å². The molecule has 1 aliphatic rings. The summed E-state index contributed by atoms with van der Waals surface area (Å²) in [5, 5.41) is 18.7. The highest BCUT2D eigenvalue weighted by Gasteiger charge is 2.29. The van der Waals surface area contributed by atoms with Gasteiger partial charge in [-0.25, -0.2) is 14.4 Å². The number of pyridine rings is 2. The summed E-state index contributed by atoms with van der Waals surface area (Å²) >= 11 is 0. The summed E-state index contributed by atoms with van der Waals surface area (Å²) in [6, 6.07) is 11.3. The van der Waals surface area contributed by atoms with E-state index in [1.807, 2.05) is 30.3 Å². The Kier molecular flexibility index (Phi) is 5.45. The van der Waals surface area contributed by atoms with Crippen molar-refractivity contribution in [1.29, 1.82) is 0 Å². The summed E-state index contributed by atoms with van der Waals surface area (Å²) in [4.78, 5) is 24.4. The van der Waals surface area contributed by atoms with E-state index in [4.69, 9.17) is 0 Å². The number of amides is 1. The average Bonchev–Trinajstić information content (AvgIpc) is 3.54. The van der Waals surface area contributed by atoms with Crippen molar-refractivity contribution >= 4 is 33.5 Å². The van der Waals surface area contributed by atoms with E-state index in [1.54, 1.807) is 31.6 Å². The molecule has 182 valence electrons.